The lowest BCUT2D eigenvalue weighted by atomic mass is 10.1. The van der Waals surface area contributed by atoms with Crippen molar-refractivity contribution in [2.24, 2.45) is 0 Å². The summed E-state index contributed by atoms with van der Waals surface area (Å²) < 4.78 is 0. The average molecular weight is 393 g/mol. The van der Waals surface area contributed by atoms with Crippen molar-refractivity contribution < 1.29 is 4.79 Å². The largest absolute Gasteiger partial charge is 0.289 e. The average Bonchev–Trinajstić information content (AvgIpc) is 2.49. The highest BCUT2D eigenvalue weighted by Gasteiger charge is 2.15. The predicted octanol–water partition coefficient (Wildman–Crippen LogP) is 6.49. The van der Waals surface area contributed by atoms with E-state index in [2.05, 4.69) is 4.98 Å². The number of aryl methyl sites for hydroxylation is 1. The fourth-order valence-electron chi connectivity index (χ4n) is 1.55. The number of thioether (sulfide) groups is 1. The Bertz CT molecular complexity index is 718. The van der Waals surface area contributed by atoms with E-state index in [0.29, 0.717) is 10.5 Å². The molecule has 0 aliphatic heterocycles. The van der Waals surface area contributed by atoms with E-state index in [4.69, 9.17) is 46.4 Å². The molecule has 0 fully saturated rings. The lowest BCUT2D eigenvalue weighted by Crippen LogP contribution is -1.93. The highest BCUT2D eigenvalue weighted by Crippen LogP contribution is 2.41. The standard InChI is InChI=1S/C15H9Cl4NOS/c1-8-2-4-9(5-3-8)10(21)6-7-22-13-11(16)14(18)20-15(19)12(13)17/h2-7H,1H3/b7-6-. The molecule has 22 heavy (non-hydrogen) atoms. The molecule has 2 aromatic rings. The van der Waals surface area contributed by atoms with Gasteiger partial charge in [-0.2, -0.15) is 0 Å². The van der Waals surface area contributed by atoms with Crippen molar-refractivity contribution in [3.8, 4) is 0 Å². The highest BCUT2D eigenvalue weighted by atomic mass is 35.5. The van der Waals surface area contributed by atoms with Gasteiger partial charge in [-0.15, -0.1) is 0 Å². The van der Waals surface area contributed by atoms with Crippen LogP contribution in [0.15, 0.2) is 40.6 Å². The fourth-order valence-corrected chi connectivity index (χ4v) is 3.38. The minimum atomic E-state index is -0.119. The van der Waals surface area contributed by atoms with Crippen LogP contribution in [0.5, 0.6) is 0 Å². The van der Waals surface area contributed by atoms with Gasteiger partial charge in [-0.3, -0.25) is 4.79 Å². The molecule has 0 amide bonds. The van der Waals surface area contributed by atoms with Gasteiger partial charge in [0.05, 0.1) is 14.9 Å². The van der Waals surface area contributed by atoms with Crippen molar-refractivity contribution in [1.29, 1.82) is 0 Å². The van der Waals surface area contributed by atoms with Crippen molar-refractivity contribution in [1.82, 2.24) is 4.98 Å². The second-order valence-corrected chi connectivity index (χ2v) is 6.69. The van der Waals surface area contributed by atoms with E-state index in [1.165, 1.54) is 6.08 Å². The monoisotopic (exact) mass is 391 g/mol. The number of hydrogen-bond acceptors (Lipinski definition) is 3. The number of allylic oxidation sites excluding steroid dienone is 1. The summed E-state index contributed by atoms with van der Waals surface area (Å²) in [5.74, 6) is -0.119. The van der Waals surface area contributed by atoms with Gasteiger partial charge < -0.3 is 0 Å². The number of pyridine rings is 1. The zero-order valence-electron chi connectivity index (χ0n) is 11.2. The van der Waals surface area contributed by atoms with Crippen molar-refractivity contribution >= 4 is 63.9 Å². The number of carbonyl (C=O) groups is 1. The quantitative estimate of drug-likeness (QED) is 0.257. The molecule has 0 radical (unpaired) electrons. The van der Waals surface area contributed by atoms with Crippen LogP contribution in [0.25, 0.3) is 0 Å². The van der Waals surface area contributed by atoms with Crippen molar-refractivity contribution in [2.45, 2.75) is 11.8 Å². The molecule has 0 aliphatic carbocycles. The molecular weight excluding hydrogens is 384 g/mol. The maximum absolute atomic E-state index is 12.0. The lowest BCUT2D eigenvalue weighted by molar-refractivity contribution is 0.104. The Labute approximate surface area is 152 Å². The molecule has 2 nitrogen and oxygen atoms in total. The molecule has 0 atom stereocenters. The van der Waals surface area contributed by atoms with Crippen LogP contribution in [0.1, 0.15) is 15.9 Å². The number of ketones is 1. The van der Waals surface area contributed by atoms with Gasteiger partial charge in [0.1, 0.15) is 0 Å². The van der Waals surface area contributed by atoms with Crippen LogP contribution in [0.3, 0.4) is 0 Å². The van der Waals surface area contributed by atoms with Gasteiger partial charge in [0.2, 0.25) is 0 Å². The van der Waals surface area contributed by atoms with E-state index >= 15 is 0 Å². The number of aromatic nitrogens is 1. The Morgan fingerprint density at radius 1 is 1.05 bits per heavy atom. The molecule has 1 aromatic carbocycles. The minimum Gasteiger partial charge on any atom is -0.289 e. The molecular formula is C15H9Cl4NOS. The first-order chi connectivity index (χ1) is 10.4. The second-order valence-electron chi connectivity index (χ2n) is 4.30. The maximum Gasteiger partial charge on any atom is 0.186 e. The molecule has 0 unspecified atom stereocenters. The van der Waals surface area contributed by atoms with Gasteiger partial charge in [-0.1, -0.05) is 88.0 Å². The Morgan fingerprint density at radius 2 is 1.59 bits per heavy atom. The van der Waals surface area contributed by atoms with Crippen LogP contribution in [0.2, 0.25) is 20.4 Å². The molecule has 0 N–H and O–H groups in total. The Balaban J connectivity index is 2.16. The van der Waals surface area contributed by atoms with Crippen LogP contribution >= 0.6 is 58.2 Å². The number of carbonyl (C=O) groups excluding carboxylic acids is 1. The number of rotatable bonds is 4. The van der Waals surface area contributed by atoms with Crippen molar-refractivity contribution in [3.63, 3.8) is 0 Å². The van der Waals surface area contributed by atoms with Crippen molar-refractivity contribution in [3.05, 3.63) is 67.2 Å². The summed E-state index contributed by atoms with van der Waals surface area (Å²) in [6.45, 7) is 1.96. The molecule has 0 saturated heterocycles. The molecule has 1 heterocycles. The summed E-state index contributed by atoms with van der Waals surface area (Å²) in [6.07, 6.45) is 1.43. The molecule has 2 rings (SSSR count). The normalized spacial score (nSPS) is 11.1. The van der Waals surface area contributed by atoms with Crippen LogP contribution in [-0.2, 0) is 0 Å². The van der Waals surface area contributed by atoms with Gasteiger partial charge in [-0.05, 0) is 18.4 Å². The topological polar surface area (TPSA) is 30.0 Å². The summed E-state index contributed by atoms with van der Waals surface area (Å²) in [7, 11) is 0. The third kappa shape index (κ3) is 4.18. The van der Waals surface area contributed by atoms with E-state index < -0.39 is 0 Å². The van der Waals surface area contributed by atoms with E-state index in [-0.39, 0.29) is 26.1 Å². The number of halogens is 4. The van der Waals surface area contributed by atoms with E-state index in [1.807, 2.05) is 19.1 Å². The Kier molecular flexibility index (Phi) is 6.18. The van der Waals surface area contributed by atoms with E-state index in [9.17, 15) is 4.79 Å². The first-order valence-corrected chi connectivity index (χ1v) is 8.43. The molecule has 0 spiro atoms. The molecule has 0 bridgehead atoms. The van der Waals surface area contributed by atoms with Gasteiger partial charge >= 0.3 is 0 Å². The summed E-state index contributed by atoms with van der Waals surface area (Å²) in [6, 6.07) is 7.30. The SMILES string of the molecule is Cc1ccc(C(=O)/C=C\Sc2c(Cl)c(Cl)nc(Cl)c2Cl)cc1. The first-order valence-electron chi connectivity index (χ1n) is 6.04. The first kappa shape index (κ1) is 17.6. The number of benzene rings is 1. The molecule has 7 heteroatoms. The van der Waals surface area contributed by atoms with E-state index in [0.717, 1.165) is 17.3 Å². The lowest BCUT2D eigenvalue weighted by Gasteiger charge is -2.06. The van der Waals surface area contributed by atoms with Crippen molar-refractivity contribution in [2.75, 3.05) is 0 Å². The van der Waals surface area contributed by atoms with Crippen LogP contribution < -0.4 is 0 Å². The smallest absolute Gasteiger partial charge is 0.186 e. The maximum atomic E-state index is 12.0. The third-order valence-electron chi connectivity index (χ3n) is 2.70. The van der Waals surface area contributed by atoms with E-state index in [1.54, 1.807) is 17.5 Å². The summed E-state index contributed by atoms with van der Waals surface area (Å²) in [4.78, 5) is 16.3. The Morgan fingerprint density at radius 3 is 2.14 bits per heavy atom. The van der Waals surface area contributed by atoms with Crippen LogP contribution in [0, 0.1) is 6.92 Å². The second kappa shape index (κ2) is 7.71. The summed E-state index contributed by atoms with van der Waals surface area (Å²) >= 11 is 24.9. The molecule has 1 aromatic heterocycles. The van der Waals surface area contributed by atoms with Crippen LogP contribution in [-0.4, -0.2) is 10.8 Å². The third-order valence-corrected chi connectivity index (χ3v) is 5.32. The zero-order valence-corrected chi connectivity index (χ0v) is 15.1. The van der Waals surface area contributed by atoms with Gasteiger partial charge in [-0.25, -0.2) is 4.98 Å². The van der Waals surface area contributed by atoms with Gasteiger partial charge in [0.25, 0.3) is 0 Å². The molecule has 0 saturated carbocycles. The summed E-state index contributed by atoms with van der Waals surface area (Å²) in [5.41, 5.74) is 1.69. The minimum absolute atomic E-state index is 0.0665. The van der Waals surface area contributed by atoms with Crippen LogP contribution in [0.4, 0.5) is 0 Å². The Hall–Kier alpha value is -0.710. The number of hydrogen-bond donors (Lipinski definition) is 0. The number of nitrogens with zero attached hydrogens (tertiary/aromatic N) is 1. The predicted molar refractivity (Wildman–Crippen MR) is 94.8 cm³/mol. The van der Waals surface area contributed by atoms with Gasteiger partial charge in [0.15, 0.2) is 16.1 Å². The molecule has 114 valence electrons. The van der Waals surface area contributed by atoms with Gasteiger partial charge in [0, 0.05) is 5.56 Å². The fraction of sp³-hybridized carbons (Fsp3) is 0.0667. The highest BCUT2D eigenvalue weighted by molar-refractivity contribution is 8.02. The zero-order chi connectivity index (χ0) is 16.3. The molecule has 0 aliphatic rings. The summed E-state index contributed by atoms with van der Waals surface area (Å²) in [5, 5.41) is 2.12.